The molecule has 0 saturated heterocycles. The zero-order valence-electron chi connectivity index (χ0n) is 16.2. The summed E-state index contributed by atoms with van der Waals surface area (Å²) in [5.74, 6) is -0.954. The van der Waals surface area contributed by atoms with Crippen LogP contribution in [-0.4, -0.2) is 35.1 Å². The molecule has 2 N–H and O–H groups in total. The number of carboxylic acids is 1. The van der Waals surface area contributed by atoms with Crippen LogP contribution < -0.4 is 5.32 Å². The molecular weight excluding hydrogens is 322 g/mol. The first kappa shape index (κ1) is 21.5. The van der Waals surface area contributed by atoms with Crippen molar-refractivity contribution in [3.63, 3.8) is 0 Å². The lowest BCUT2D eigenvalue weighted by atomic mass is 9.64. The molecule has 1 aliphatic carbocycles. The molecule has 0 heterocycles. The van der Waals surface area contributed by atoms with E-state index >= 15 is 0 Å². The van der Waals surface area contributed by atoms with Crippen LogP contribution in [0.15, 0.2) is 0 Å². The zero-order chi connectivity index (χ0) is 19.4. The average Bonchev–Trinajstić information content (AvgIpc) is 2.44. The van der Waals surface area contributed by atoms with Gasteiger partial charge in [-0.3, -0.25) is 0 Å². The lowest BCUT2D eigenvalue weighted by molar-refractivity contribution is -0.144. The van der Waals surface area contributed by atoms with Gasteiger partial charge in [-0.2, -0.15) is 0 Å². The monoisotopic (exact) mass is 355 g/mol. The zero-order valence-corrected chi connectivity index (χ0v) is 16.2. The van der Waals surface area contributed by atoms with Gasteiger partial charge in [0.25, 0.3) is 0 Å². The summed E-state index contributed by atoms with van der Waals surface area (Å²) in [5.41, 5.74) is -0.733. The Labute approximate surface area is 150 Å². The lowest BCUT2D eigenvalue weighted by Crippen LogP contribution is -2.52. The summed E-state index contributed by atoms with van der Waals surface area (Å²) in [7, 11) is 0. The Morgan fingerprint density at radius 2 is 1.80 bits per heavy atom. The minimum atomic E-state index is -1.27. The molecular formula is C19H33NO5. The predicted octanol–water partition coefficient (Wildman–Crippen LogP) is 3.49. The van der Waals surface area contributed by atoms with E-state index in [0.717, 1.165) is 19.3 Å². The van der Waals surface area contributed by atoms with Crippen LogP contribution in [0.2, 0.25) is 0 Å². The van der Waals surface area contributed by atoms with Gasteiger partial charge in [-0.15, -0.1) is 0 Å². The van der Waals surface area contributed by atoms with E-state index in [2.05, 4.69) is 26.1 Å². The summed E-state index contributed by atoms with van der Waals surface area (Å²) in [6.07, 6.45) is 2.76. The number of hydrogen-bond acceptors (Lipinski definition) is 4. The van der Waals surface area contributed by atoms with Crippen LogP contribution in [0.4, 0.5) is 4.79 Å². The quantitative estimate of drug-likeness (QED) is 0.712. The van der Waals surface area contributed by atoms with E-state index in [0.29, 0.717) is 18.1 Å². The average molecular weight is 355 g/mol. The first-order valence-electron chi connectivity index (χ1n) is 9.13. The van der Waals surface area contributed by atoms with Gasteiger partial charge < -0.3 is 20.0 Å². The van der Waals surface area contributed by atoms with Crippen LogP contribution in [0, 0.1) is 29.6 Å². The van der Waals surface area contributed by atoms with Crippen molar-refractivity contribution >= 4 is 18.3 Å². The topological polar surface area (TPSA) is 92.7 Å². The molecule has 1 rings (SSSR count). The third kappa shape index (κ3) is 6.33. The maximum atomic E-state index is 12.0. The predicted molar refractivity (Wildman–Crippen MR) is 95.2 cm³/mol. The van der Waals surface area contributed by atoms with Gasteiger partial charge in [0.05, 0.1) is 0 Å². The van der Waals surface area contributed by atoms with Crippen molar-refractivity contribution < 1.29 is 24.2 Å². The SMILES string of the molecule is CC(C)[C@@H]1CC[C@@H](C)C[C@H]1C(C=O)[C@H](NC(=O)OC(C)(C)C)C(=O)O. The van der Waals surface area contributed by atoms with Crippen molar-refractivity contribution in [2.24, 2.45) is 29.6 Å². The Morgan fingerprint density at radius 3 is 2.24 bits per heavy atom. The van der Waals surface area contributed by atoms with Gasteiger partial charge >= 0.3 is 12.1 Å². The number of carboxylic acid groups (broad SMARTS) is 1. The Balaban J connectivity index is 3.02. The van der Waals surface area contributed by atoms with Crippen molar-refractivity contribution in [3.05, 3.63) is 0 Å². The summed E-state index contributed by atoms with van der Waals surface area (Å²) >= 11 is 0. The van der Waals surface area contributed by atoms with Gasteiger partial charge in [-0.05, 0) is 57.3 Å². The molecule has 0 aromatic heterocycles. The maximum Gasteiger partial charge on any atom is 0.408 e. The second kappa shape index (κ2) is 8.68. The van der Waals surface area contributed by atoms with E-state index in [1.165, 1.54) is 0 Å². The second-order valence-electron chi connectivity index (χ2n) is 8.67. The summed E-state index contributed by atoms with van der Waals surface area (Å²) in [4.78, 5) is 35.7. The highest BCUT2D eigenvalue weighted by atomic mass is 16.6. The number of hydrogen-bond donors (Lipinski definition) is 2. The van der Waals surface area contributed by atoms with Gasteiger partial charge in [0.15, 0.2) is 0 Å². The number of carbonyl (C=O) groups excluding carboxylic acids is 2. The second-order valence-corrected chi connectivity index (χ2v) is 8.67. The Hall–Kier alpha value is -1.59. The van der Waals surface area contributed by atoms with Gasteiger partial charge in [0.2, 0.25) is 0 Å². The standard InChI is InChI=1S/C19H33NO5/c1-11(2)13-8-7-12(3)9-14(13)15(10-21)16(17(22)23)20-18(24)25-19(4,5)6/h10-16H,7-9H2,1-6H3,(H,20,24)(H,22,23)/t12-,13+,14-,15?,16+/m1/s1. The summed E-state index contributed by atoms with van der Waals surface area (Å²) in [6, 6.07) is -1.27. The molecule has 6 heteroatoms. The van der Waals surface area contributed by atoms with Gasteiger partial charge in [0, 0.05) is 5.92 Å². The fourth-order valence-electron chi connectivity index (χ4n) is 3.90. The molecule has 25 heavy (non-hydrogen) atoms. The van der Waals surface area contributed by atoms with E-state index in [1.54, 1.807) is 20.8 Å². The molecule has 0 radical (unpaired) electrons. The van der Waals surface area contributed by atoms with Crippen molar-refractivity contribution in [1.82, 2.24) is 5.32 Å². The number of ether oxygens (including phenoxy) is 1. The molecule has 0 bridgehead atoms. The van der Waals surface area contributed by atoms with E-state index in [1.807, 2.05) is 0 Å². The van der Waals surface area contributed by atoms with Gasteiger partial charge in [0.1, 0.15) is 17.9 Å². The molecule has 0 aliphatic heterocycles. The normalized spacial score (nSPS) is 26.6. The molecule has 1 amide bonds. The van der Waals surface area contributed by atoms with Crippen LogP contribution >= 0.6 is 0 Å². The van der Waals surface area contributed by atoms with Crippen molar-refractivity contribution in [2.75, 3.05) is 0 Å². The fraction of sp³-hybridized carbons (Fsp3) is 0.842. The third-order valence-electron chi connectivity index (χ3n) is 5.05. The van der Waals surface area contributed by atoms with E-state index in [4.69, 9.17) is 4.74 Å². The van der Waals surface area contributed by atoms with Crippen LogP contribution in [0.3, 0.4) is 0 Å². The van der Waals surface area contributed by atoms with E-state index in [9.17, 15) is 19.5 Å². The molecule has 5 atom stereocenters. The first-order valence-corrected chi connectivity index (χ1v) is 9.13. The number of carbonyl (C=O) groups is 3. The first-order chi connectivity index (χ1) is 11.5. The highest BCUT2D eigenvalue weighted by Gasteiger charge is 2.42. The molecule has 1 fully saturated rings. The number of aliphatic carboxylic acids is 1. The highest BCUT2D eigenvalue weighted by molar-refractivity contribution is 5.83. The Morgan fingerprint density at radius 1 is 1.20 bits per heavy atom. The molecule has 6 nitrogen and oxygen atoms in total. The van der Waals surface area contributed by atoms with E-state index < -0.39 is 29.6 Å². The number of nitrogens with one attached hydrogen (secondary N) is 1. The number of rotatable bonds is 6. The minimum Gasteiger partial charge on any atom is -0.480 e. The van der Waals surface area contributed by atoms with Gasteiger partial charge in [-0.25, -0.2) is 9.59 Å². The Bertz CT molecular complexity index is 483. The van der Waals surface area contributed by atoms with Crippen molar-refractivity contribution in [1.29, 1.82) is 0 Å². The summed E-state index contributed by atoms with van der Waals surface area (Å²) in [6.45, 7) is 11.5. The van der Waals surface area contributed by atoms with Crippen LogP contribution in [0.25, 0.3) is 0 Å². The summed E-state index contributed by atoms with van der Waals surface area (Å²) in [5, 5.41) is 12.0. The number of aldehydes is 1. The Kier molecular flexibility index (Phi) is 7.44. The van der Waals surface area contributed by atoms with Crippen LogP contribution in [-0.2, 0) is 14.3 Å². The molecule has 0 spiro atoms. The fourth-order valence-corrected chi connectivity index (χ4v) is 3.90. The largest absolute Gasteiger partial charge is 0.480 e. The molecule has 1 saturated carbocycles. The van der Waals surface area contributed by atoms with Crippen LogP contribution in [0.1, 0.15) is 60.8 Å². The maximum absolute atomic E-state index is 12.0. The third-order valence-corrected chi connectivity index (χ3v) is 5.05. The van der Waals surface area contributed by atoms with E-state index in [-0.39, 0.29) is 11.8 Å². The van der Waals surface area contributed by atoms with Crippen LogP contribution in [0.5, 0.6) is 0 Å². The molecule has 1 aliphatic rings. The number of amides is 1. The smallest absolute Gasteiger partial charge is 0.408 e. The molecule has 0 aromatic rings. The molecule has 144 valence electrons. The van der Waals surface area contributed by atoms with Crippen molar-refractivity contribution in [3.8, 4) is 0 Å². The molecule has 0 aromatic carbocycles. The van der Waals surface area contributed by atoms with Crippen molar-refractivity contribution in [2.45, 2.75) is 72.4 Å². The lowest BCUT2D eigenvalue weighted by Gasteiger charge is -2.41. The molecule has 1 unspecified atom stereocenters. The highest BCUT2D eigenvalue weighted by Crippen LogP contribution is 2.42. The van der Waals surface area contributed by atoms with Gasteiger partial charge in [-0.1, -0.05) is 27.2 Å². The number of alkyl carbamates (subject to hydrolysis) is 1. The summed E-state index contributed by atoms with van der Waals surface area (Å²) < 4.78 is 5.17. The minimum absolute atomic E-state index is 0.0581.